The lowest BCUT2D eigenvalue weighted by molar-refractivity contribution is -0.120. The van der Waals surface area contributed by atoms with Crippen LogP contribution < -0.4 is 14.4 Å². The van der Waals surface area contributed by atoms with Crippen molar-refractivity contribution in [2.24, 2.45) is 17.8 Å². The molecular weight excluding hydrogens is 612 g/mol. The third kappa shape index (κ3) is 5.92. The Kier molecular flexibility index (Phi) is 8.82. The number of hydrogen-bond donors (Lipinski definition) is 1. The van der Waals surface area contributed by atoms with Crippen molar-refractivity contribution in [3.05, 3.63) is 70.3 Å². The van der Waals surface area contributed by atoms with E-state index in [4.69, 9.17) is 21.1 Å². The van der Waals surface area contributed by atoms with Crippen LogP contribution in [-0.4, -0.2) is 58.3 Å². The Labute approximate surface area is 271 Å². The summed E-state index contributed by atoms with van der Waals surface area (Å²) < 4.78 is 41.7. The molecular formula is C35H43ClN2O6S. The molecule has 1 fully saturated rings. The van der Waals surface area contributed by atoms with E-state index in [1.807, 2.05) is 25.1 Å². The van der Waals surface area contributed by atoms with Crippen molar-refractivity contribution >= 4 is 39.5 Å². The summed E-state index contributed by atoms with van der Waals surface area (Å²) in [6.45, 7) is 5.30. The molecule has 242 valence electrons. The molecule has 1 spiro atoms. The van der Waals surface area contributed by atoms with Gasteiger partial charge < -0.3 is 19.2 Å². The number of anilines is 1. The number of rotatable bonds is 3. The van der Waals surface area contributed by atoms with Crippen LogP contribution in [-0.2, 0) is 31.4 Å². The number of aldehydes is 1. The second kappa shape index (κ2) is 12.4. The third-order valence-electron chi connectivity index (χ3n) is 11.0. The van der Waals surface area contributed by atoms with Gasteiger partial charge in [0.1, 0.15) is 12.0 Å². The molecule has 2 heterocycles. The van der Waals surface area contributed by atoms with Gasteiger partial charge in [-0.15, -0.1) is 0 Å². The summed E-state index contributed by atoms with van der Waals surface area (Å²) in [6.07, 6.45) is 10.4. The van der Waals surface area contributed by atoms with E-state index in [0.717, 1.165) is 49.1 Å². The van der Waals surface area contributed by atoms with E-state index >= 15 is 0 Å². The molecule has 10 heteroatoms. The topological polar surface area (TPSA) is 102 Å². The maximum atomic E-state index is 13.4. The standard InChI is InChI=1S/C35H43ClN2O6S/c1-23-6-4-15-35(43-3,16-17-39)30-11-8-27(30)20-38-21-34(14-5-7-25-18-28(36)10-12-29(25)34)22-44-32-13-9-26(19-31(32)38)33(40)37-45(41,42)24(23)2/h4,9-10,12-13,15,17-19,23-24,27,30H,5-8,11,14,16,20-22H2,1-3H3,(H,37,40)/b15-4-/t23-,24+,27-,30+,34-,35+/m0/s1. The first-order chi connectivity index (χ1) is 21.5. The average molecular weight is 655 g/mol. The number of ether oxygens (including phenoxy) is 2. The van der Waals surface area contributed by atoms with Crippen LogP contribution in [0.1, 0.15) is 73.9 Å². The minimum Gasteiger partial charge on any atom is -0.490 e. The maximum Gasteiger partial charge on any atom is 0.264 e. The lowest BCUT2D eigenvalue weighted by atomic mass is 9.63. The van der Waals surface area contributed by atoms with Crippen molar-refractivity contribution in [3.63, 3.8) is 0 Å². The van der Waals surface area contributed by atoms with Gasteiger partial charge in [-0.1, -0.05) is 36.7 Å². The van der Waals surface area contributed by atoms with Crippen molar-refractivity contribution in [1.29, 1.82) is 0 Å². The number of hydrogen-bond acceptors (Lipinski definition) is 7. The van der Waals surface area contributed by atoms with E-state index in [1.165, 1.54) is 11.1 Å². The number of fused-ring (bicyclic) bond motifs is 4. The van der Waals surface area contributed by atoms with E-state index in [1.54, 1.807) is 32.2 Å². The smallest absolute Gasteiger partial charge is 0.264 e. The highest BCUT2D eigenvalue weighted by molar-refractivity contribution is 7.90. The summed E-state index contributed by atoms with van der Waals surface area (Å²) in [4.78, 5) is 27.8. The number of nitrogens with one attached hydrogen (secondary N) is 1. The molecule has 2 aliphatic heterocycles. The minimum atomic E-state index is -3.97. The lowest BCUT2D eigenvalue weighted by Gasteiger charge is -2.50. The van der Waals surface area contributed by atoms with Crippen molar-refractivity contribution in [2.75, 3.05) is 31.7 Å². The summed E-state index contributed by atoms with van der Waals surface area (Å²) in [5.74, 6) is 0.0654. The van der Waals surface area contributed by atoms with Crippen LogP contribution in [0, 0.1) is 17.8 Å². The number of aryl methyl sites for hydroxylation is 1. The van der Waals surface area contributed by atoms with Crippen LogP contribution in [0.4, 0.5) is 5.69 Å². The number of benzene rings is 2. The van der Waals surface area contributed by atoms with Crippen molar-refractivity contribution in [1.82, 2.24) is 4.72 Å². The Hall–Kier alpha value is -2.88. The summed E-state index contributed by atoms with van der Waals surface area (Å²) in [6, 6.07) is 11.3. The SMILES string of the molecule is CO[C@@]1(CC=O)/C=C\C[C@H](C)[C@@H](C)S(=O)(=O)NC(=O)c2ccc3c(c2)N(C[C@@H]2CC[C@H]21)C[C@@]1(CCCc2cc(Cl)ccc21)CO3. The van der Waals surface area contributed by atoms with Crippen LogP contribution in [0.15, 0.2) is 48.6 Å². The predicted octanol–water partition coefficient (Wildman–Crippen LogP) is 5.86. The molecule has 2 aliphatic carbocycles. The quantitative estimate of drug-likeness (QED) is 0.327. The normalized spacial score (nSPS) is 33.4. The number of amides is 1. The Balaban J connectivity index is 1.46. The van der Waals surface area contributed by atoms with Gasteiger partial charge in [-0.25, -0.2) is 13.1 Å². The number of carbonyl (C=O) groups is 2. The number of nitrogens with zero attached hydrogens (tertiary/aromatic N) is 1. The van der Waals surface area contributed by atoms with E-state index in [2.05, 4.69) is 21.8 Å². The van der Waals surface area contributed by atoms with Gasteiger partial charge in [0.2, 0.25) is 10.0 Å². The fourth-order valence-corrected chi connectivity index (χ4v) is 9.49. The average Bonchev–Trinajstić information content (AvgIpc) is 3.15. The second-order valence-corrected chi connectivity index (χ2v) is 16.0. The Morgan fingerprint density at radius 2 is 2.00 bits per heavy atom. The highest BCUT2D eigenvalue weighted by Crippen LogP contribution is 2.49. The molecule has 1 N–H and O–H groups in total. The van der Waals surface area contributed by atoms with E-state index in [-0.39, 0.29) is 35.2 Å². The second-order valence-electron chi connectivity index (χ2n) is 13.6. The van der Waals surface area contributed by atoms with Gasteiger partial charge in [-0.05, 0) is 105 Å². The Bertz CT molecular complexity index is 1610. The molecule has 4 aliphatic rings. The first-order valence-corrected chi connectivity index (χ1v) is 18.0. The van der Waals surface area contributed by atoms with Crippen molar-refractivity contribution in [3.8, 4) is 5.75 Å². The number of methoxy groups -OCH3 is 1. The highest BCUT2D eigenvalue weighted by atomic mass is 35.5. The highest BCUT2D eigenvalue weighted by Gasteiger charge is 2.49. The molecule has 2 bridgehead atoms. The summed E-state index contributed by atoms with van der Waals surface area (Å²) >= 11 is 6.42. The zero-order valence-electron chi connectivity index (χ0n) is 26.3. The van der Waals surface area contributed by atoms with Gasteiger partial charge >= 0.3 is 0 Å². The molecule has 0 radical (unpaired) electrons. The fourth-order valence-electron chi connectivity index (χ4n) is 8.01. The van der Waals surface area contributed by atoms with E-state index < -0.39 is 26.8 Å². The summed E-state index contributed by atoms with van der Waals surface area (Å²) in [5, 5.41) is -0.0988. The molecule has 0 aromatic heterocycles. The molecule has 8 nitrogen and oxygen atoms in total. The maximum absolute atomic E-state index is 13.4. The number of sulfonamides is 1. The minimum absolute atomic E-state index is 0.0980. The molecule has 2 aromatic carbocycles. The molecule has 1 amide bonds. The van der Waals surface area contributed by atoms with Crippen LogP contribution in [0.5, 0.6) is 5.75 Å². The molecule has 6 atom stereocenters. The van der Waals surface area contributed by atoms with Gasteiger partial charge in [-0.3, -0.25) is 4.79 Å². The predicted molar refractivity (Wildman–Crippen MR) is 176 cm³/mol. The molecule has 2 aromatic rings. The molecule has 0 saturated heterocycles. The number of halogens is 1. The fraction of sp³-hybridized carbons (Fsp3) is 0.543. The largest absolute Gasteiger partial charge is 0.490 e. The van der Waals surface area contributed by atoms with Gasteiger partial charge in [0.25, 0.3) is 5.91 Å². The first kappa shape index (κ1) is 32.1. The monoisotopic (exact) mass is 654 g/mol. The van der Waals surface area contributed by atoms with Crippen molar-refractivity contribution < 1.29 is 27.5 Å². The first-order valence-electron chi connectivity index (χ1n) is 16.0. The number of carbonyl (C=O) groups excluding carboxylic acids is 2. The van der Waals surface area contributed by atoms with Gasteiger partial charge in [-0.2, -0.15) is 0 Å². The Morgan fingerprint density at radius 3 is 2.73 bits per heavy atom. The zero-order chi connectivity index (χ0) is 32.0. The lowest BCUT2D eigenvalue weighted by Crippen LogP contribution is -2.53. The van der Waals surface area contributed by atoms with Crippen molar-refractivity contribution in [2.45, 2.75) is 75.1 Å². The summed E-state index contributed by atoms with van der Waals surface area (Å²) in [5.41, 5.74) is 2.44. The van der Waals surface area contributed by atoms with Gasteiger partial charge in [0.05, 0.1) is 23.1 Å². The van der Waals surface area contributed by atoms with Crippen LogP contribution >= 0.6 is 11.6 Å². The molecule has 45 heavy (non-hydrogen) atoms. The van der Waals surface area contributed by atoms with Gasteiger partial charge in [0, 0.05) is 42.6 Å². The molecule has 6 rings (SSSR count). The van der Waals surface area contributed by atoms with Crippen LogP contribution in [0.3, 0.4) is 0 Å². The Morgan fingerprint density at radius 1 is 1.18 bits per heavy atom. The van der Waals surface area contributed by atoms with Crippen LogP contribution in [0.2, 0.25) is 5.02 Å². The van der Waals surface area contributed by atoms with E-state index in [0.29, 0.717) is 31.9 Å². The van der Waals surface area contributed by atoms with E-state index in [9.17, 15) is 18.0 Å². The number of allylic oxidation sites excluding steroid dienone is 1. The van der Waals surface area contributed by atoms with Crippen LogP contribution in [0.25, 0.3) is 0 Å². The third-order valence-corrected chi connectivity index (χ3v) is 13.2. The zero-order valence-corrected chi connectivity index (χ0v) is 27.8. The summed E-state index contributed by atoms with van der Waals surface area (Å²) in [7, 11) is -2.31. The van der Waals surface area contributed by atoms with Gasteiger partial charge in [0.15, 0.2) is 0 Å². The molecule has 1 saturated carbocycles. The molecule has 0 unspecified atom stereocenters.